The van der Waals surface area contributed by atoms with Crippen LogP contribution in [0, 0.1) is 6.92 Å². The minimum absolute atomic E-state index is 0.328. The van der Waals surface area contributed by atoms with E-state index in [1.165, 1.54) is 0 Å². The minimum Gasteiger partial charge on any atom is -0.332 e. The Bertz CT molecular complexity index is 502. The van der Waals surface area contributed by atoms with Crippen molar-refractivity contribution < 1.29 is 4.52 Å². The quantitative estimate of drug-likeness (QED) is 0.853. The lowest BCUT2D eigenvalue weighted by atomic mass is 10.2. The van der Waals surface area contributed by atoms with Crippen LogP contribution in [0.5, 0.6) is 0 Å². The van der Waals surface area contributed by atoms with Gasteiger partial charge in [0.2, 0.25) is 0 Å². The van der Waals surface area contributed by atoms with Crippen molar-refractivity contribution in [2.45, 2.75) is 26.3 Å². The van der Waals surface area contributed by atoms with Crippen molar-refractivity contribution in [1.29, 1.82) is 0 Å². The minimum atomic E-state index is 0.328. The molecule has 0 aliphatic heterocycles. The van der Waals surface area contributed by atoms with E-state index < -0.39 is 0 Å². The first-order valence-corrected chi connectivity index (χ1v) is 5.61. The molecule has 2 rings (SSSR count). The SMILES string of the molecule is CNC(C)Cc1noc(-c2cc(C)nn2C)n1. The lowest BCUT2D eigenvalue weighted by Crippen LogP contribution is -2.24. The molecular weight excluding hydrogens is 218 g/mol. The standard InChI is InChI=1S/C11H17N5O/c1-7(12-3)6-10-13-11(17-15-10)9-5-8(2)14-16(9)4/h5,7,12H,6H2,1-4H3. The highest BCUT2D eigenvalue weighted by molar-refractivity contribution is 5.47. The zero-order valence-electron chi connectivity index (χ0n) is 10.6. The lowest BCUT2D eigenvalue weighted by molar-refractivity contribution is 0.415. The Kier molecular flexibility index (Phi) is 3.23. The van der Waals surface area contributed by atoms with Crippen LogP contribution in [0.2, 0.25) is 0 Å². The molecule has 0 aliphatic rings. The molecule has 0 bridgehead atoms. The van der Waals surface area contributed by atoms with Crippen LogP contribution in [0.25, 0.3) is 11.6 Å². The van der Waals surface area contributed by atoms with E-state index in [-0.39, 0.29) is 0 Å². The van der Waals surface area contributed by atoms with E-state index in [9.17, 15) is 0 Å². The maximum atomic E-state index is 5.24. The summed E-state index contributed by atoms with van der Waals surface area (Å²) in [6.45, 7) is 4.01. The van der Waals surface area contributed by atoms with Gasteiger partial charge in [0.25, 0.3) is 5.89 Å². The van der Waals surface area contributed by atoms with Crippen LogP contribution in [0.15, 0.2) is 10.6 Å². The van der Waals surface area contributed by atoms with Crippen LogP contribution in [0.4, 0.5) is 0 Å². The number of aromatic nitrogens is 4. The molecule has 0 aliphatic carbocycles. The van der Waals surface area contributed by atoms with Gasteiger partial charge >= 0.3 is 0 Å². The zero-order valence-corrected chi connectivity index (χ0v) is 10.6. The van der Waals surface area contributed by atoms with E-state index in [4.69, 9.17) is 4.52 Å². The maximum absolute atomic E-state index is 5.24. The Morgan fingerprint density at radius 3 is 2.88 bits per heavy atom. The van der Waals surface area contributed by atoms with Crippen LogP contribution < -0.4 is 5.32 Å². The third-order valence-corrected chi connectivity index (χ3v) is 2.67. The average molecular weight is 235 g/mol. The molecule has 2 aromatic rings. The molecule has 92 valence electrons. The molecule has 0 spiro atoms. The zero-order chi connectivity index (χ0) is 12.4. The average Bonchev–Trinajstić information content (AvgIpc) is 2.85. The summed E-state index contributed by atoms with van der Waals surface area (Å²) in [6.07, 6.45) is 0.747. The Labute approximate surface area is 100 Å². The third-order valence-electron chi connectivity index (χ3n) is 2.67. The monoisotopic (exact) mass is 235 g/mol. The molecule has 0 radical (unpaired) electrons. The molecule has 0 amide bonds. The topological polar surface area (TPSA) is 68.8 Å². The van der Waals surface area contributed by atoms with Gasteiger partial charge in [0.15, 0.2) is 5.82 Å². The third kappa shape index (κ3) is 2.52. The number of aryl methyl sites for hydroxylation is 2. The number of rotatable bonds is 4. The van der Waals surface area contributed by atoms with E-state index in [0.717, 1.165) is 17.8 Å². The summed E-state index contributed by atoms with van der Waals surface area (Å²) in [5.41, 5.74) is 1.78. The van der Waals surface area contributed by atoms with Crippen molar-refractivity contribution >= 4 is 0 Å². The first-order chi connectivity index (χ1) is 8.10. The predicted octanol–water partition coefficient (Wildman–Crippen LogP) is 0.929. The van der Waals surface area contributed by atoms with Crippen LogP contribution in [0.3, 0.4) is 0 Å². The van der Waals surface area contributed by atoms with Crippen LogP contribution in [-0.2, 0) is 13.5 Å². The van der Waals surface area contributed by atoms with Gasteiger partial charge in [-0.3, -0.25) is 4.68 Å². The highest BCUT2D eigenvalue weighted by Crippen LogP contribution is 2.17. The van der Waals surface area contributed by atoms with Crippen molar-refractivity contribution in [2.75, 3.05) is 7.05 Å². The van der Waals surface area contributed by atoms with Gasteiger partial charge < -0.3 is 9.84 Å². The van der Waals surface area contributed by atoms with Crippen molar-refractivity contribution in [2.24, 2.45) is 7.05 Å². The molecule has 2 heterocycles. The van der Waals surface area contributed by atoms with Crippen molar-refractivity contribution in [3.63, 3.8) is 0 Å². The van der Waals surface area contributed by atoms with Crippen LogP contribution in [-0.4, -0.2) is 33.0 Å². The Balaban J connectivity index is 2.21. The fraction of sp³-hybridized carbons (Fsp3) is 0.545. The molecule has 0 saturated heterocycles. The maximum Gasteiger partial charge on any atom is 0.276 e. The molecule has 1 atom stereocenters. The summed E-state index contributed by atoms with van der Waals surface area (Å²) < 4.78 is 6.98. The van der Waals surface area contributed by atoms with Gasteiger partial charge in [-0.15, -0.1) is 0 Å². The predicted molar refractivity (Wildman–Crippen MR) is 63.5 cm³/mol. The number of hydrogen-bond donors (Lipinski definition) is 1. The highest BCUT2D eigenvalue weighted by atomic mass is 16.5. The van der Waals surface area contributed by atoms with Gasteiger partial charge in [0, 0.05) is 19.5 Å². The van der Waals surface area contributed by atoms with Gasteiger partial charge in [-0.1, -0.05) is 5.16 Å². The van der Waals surface area contributed by atoms with Crippen molar-refractivity contribution in [1.82, 2.24) is 25.2 Å². The second-order valence-electron chi connectivity index (χ2n) is 4.20. The number of nitrogens with one attached hydrogen (secondary N) is 1. The van der Waals surface area contributed by atoms with Crippen LogP contribution in [0.1, 0.15) is 18.4 Å². The van der Waals surface area contributed by atoms with Crippen molar-refractivity contribution in [3.8, 4) is 11.6 Å². The summed E-state index contributed by atoms with van der Waals surface area (Å²) in [6, 6.07) is 2.26. The Morgan fingerprint density at radius 1 is 1.53 bits per heavy atom. The summed E-state index contributed by atoms with van der Waals surface area (Å²) in [5, 5.41) is 11.4. The first kappa shape index (κ1) is 11.8. The number of hydrogen-bond acceptors (Lipinski definition) is 5. The van der Waals surface area contributed by atoms with Crippen molar-refractivity contribution in [3.05, 3.63) is 17.6 Å². The van der Waals surface area contributed by atoms with Gasteiger partial charge in [0.1, 0.15) is 5.69 Å². The highest BCUT2D eigenvalue weighted by Gasteiger charge is 2.14. The van der Waals surface area contributed by atoms with Gasteiger partial charge in [-0.05, 0) is 27.0 Å². The van der Waals surface area contributed by atoms with E-state index in [1.54, 1.807) is 4.68 Å². The first-order valence-electron chi connectivity index (χ1n) is 5.61. The van der Waals surface area contributed by atoms with E-state index >= 15 is 0 Å². The largest absolute Gasteiger partial charge is 0.332 e. The smallest absolute Gasteiger partial charge is 0.276 e. The molecular formula is C11H17N5O. The second-order valence-corrected chi connectivity index (χ2v) is 4.20. The number of nitrogens with zero attached hydrogens (tertiary/aromatic N) is 4. The van der Waals surface area contributed by atoms with E-state index in [0.29, 0.717) is 17.8 Å². The molecule has 0 aromatic carbocycles. The van der Waals surface area contributed by atoms with E-state index in [2.05, 4.69) is 27.5 Å². The van der Waals surface area contributed by atoms with E-state index in [1.807, 2.05) is 27.1 Å². The molecule has 1 unspecified atom stereocenters. The Hall–Kier alpha value is -1.69. The van der Waals surface area contributed by atoms with Gasteiger partial charge in [-0.25, -0.2) is 0 Å². The van der Waals surface area contributed by atoms with Gasteiger partial charge in [-0.2, -0.15) is 10.1 Å². The molecule has 17 heavy (non-hydrogen) atoms. The molecule has 1 N–H and O–H groups in total. The van der Waals surface area contributed by atoms with Crippen LogP contribution >= 0.6 is 0 Å². The normalized spacial score (nSPS) is 12.9. The molecule has 6 heteroatoms. The second kappa shape index (κ2) is 4.67. The summed E-state index contributed by atoms with van der Waals surface area (Å²) in [7, 11) is 3.78. The lowest BCUT2D eigenvalue weighted by Gasteiger charge is -2.04. The summed E-state index contributed by atoms with van der Waals surface area (Å²) in [5.74, 6) is 1.23. The summed E-state index contributed by atoms with van der Waals surface area (Å²) in [4.78, 5) is 4.36. The number of likely N-dealkylation sites (N-methyl/N-ethyl adjacent to an activating group) is 1. The fourth-order valence-corrected chi connectivity index (χ4v) is 1.63. The molecule has 0 fully saturated rings. The molecule has 6 nitrogen and oxygen atoms in total. The summed E-state index contributed by atoms with van der Waals surface area (Å²) >= 11 is 0. The molecule has 0 saturated carbocycles. The van der Waals surface area contributed by atoms with Gasteiger partial charge in [0.05, 0.1) is 5.69 Å². The Morgan fingerprint density at radius 2 is 2.29 bits per heavy atom. The molecule has 2 aromatic heterocycles. The fourth-order valence-electron chi connectivity index (χ4n) is 1.63.